The summed E-state index contributed by atoms with van der Waals surface area (Å²) < 4.78 is 20.3. The van der Waals surface area contributed by atoms with E-state index in [1.54, 1.807) is 12.1 Å². The summed E-state index contributed by atoms with van der Waals surface area (Å²) in [7, 11) is 0. The van der Waals surface area contributed by atoms with Crippen LogP contribution in [-0.2, 0) is 11.3 Å². The summed E-state index contributed by atoms with van der Waals surface area (Å²) >= 11 is 0. The summed E-state index contributed by atoms with van der Waals surface area (Å²) in [6.07, 6.45) is 0.467. The van der Waals surface area contributed by atoms with Gasteiger partial charge in [-0.05, 0) is 31.0 Å². The lowest BCUT2D eigenvalue weighted by molar-refractivity contribution is 0.0508. The first-order chi connectivity index (χ1) is 9.65. The number of ether oxygens (including phenoxy) is 1. The molecule has 0 radical (unpaired) electrons. The molecule has 0 fully saturated rings. The van der Waals surface area contributed by atoms with Gasteiger partial charge in [-0.25, -0.2) is 14.3 Å². The van der Waals surface area contributed by atoms with E-state index < -0.39 is 0 Å². The lowest BCUT2D eigenvalue weighted by Gasteiger charge is -2.15. The summed E-state index contributed by atoms with van der Waals surface area (Å²) in [5, 5.41) is 6.46. The van der Waals surface area contributed by atoms with Gasteiger partial charge in [0, 0.05) is 6.61 Å². The Morgan fingerprint density at radius 1 is 1.45 bits per heavy atom. The van der Waals surface area contributed by atoms with E-state index in [9.17, 15) is 9.18 Å². The van der Waals surface area contributed by atoms with E-state index in [1.807, 2.05) is 13.8 Å². The van der Waals surface area contributed by atoms with Crippen molar-refractivity contribution in [3.05, 3.63) is 52.0 Å². The van der Waals surface area contributed by atoms with Gasteiger partial charge in [0.05, 0.1) is 6.54 Å². The maximum Gasteiger partial charge on any atom is 0.343 e. The molecular formula is C14H18FN3O2. The second-order valence-electron chi connectivity index (χ2n) is 4.46. The summed E-state index contributed by atoms with van der Waals surface area (Å²) in [5.41, 5.74) is 0.392. The van der Waals surface area contributed by atoms with Crippen molar-refractivity contribution in [1.29, 1.82) is 0 Å². The third kappa shape index (κ3) is 3.14. The van der Waals surface area contributed by atoms with Crippen LogP contribution in [0.15, 0.2) is 29.1 Å². The molecule has 0 aliphatic rings. The van der Waals surface area contributed by atoms with Gasteiger partial charge >= 0.3 is 5.69 Å². The number of rotatable bonds is 6. The molecule has 0 bridgehead atoms. The molecule has 20 heavy (non-hydrogen) atoms. The van der Waals surface area contributed by atoms with Crippen molar-refractivity contribution in [3.63, 3.8) is 0 Å². The number of nitrogens with one attached hydrogen (secondary N) is 1. The van der Waals surface area contributed by atoms with Crippen LogP contribution in [0, 0.1) is 5.82 Å². The molecule has 1 aromatic heterocycles. The fourth-order valence-corrected chi connectivity index (χ4v) is 2.12. The number of halogens is 1. The Kier molecular flexibility index (Phi) is 4.68. The molecule has 0 saturated carbocycles. The van der Waals surface area contributed by atoms with Gasteiger partial charge in [-0.3, -0.25) is 4.57 Å². The van der Waals surface area contributed by atoms with Crippen molar-refractivity contribution in [2.45, 2.75) is 32.9 Å². The zero-order valence-corrected chi connectivity index (χ0v) is 11.6. The van der Waals surface area contributed by atoms with Crippen molar-refractivity contribution < 1.29 is 9.13 Å². The van der Waals surface area contributed by atoms with Gasteiger partial charge in [-0.1, -0.05) is 19.1 Å². The van der Waals surface area contributed by atoms with Gasteiger partial charge in [-0.2, -0.15) is 5.10 Å². The van der Waals surface area contributed by atoms with Crippen LogP contribution >= 0.6 is 0 Å². The van der Waals surface area contributed by atoms with Crippen molar-refractivity contribution in [3.8, 4) is 0 Å². The van der Waals surface area contributed by atoms with Crippen molar-refractivity contribution in [2.75, 3.05) is 6.61 Å². The molecule has 1 heterocycles. The summed E-state index contributed by atoms with van der Waals surface area (Å²) in [5.74, 6) is 0.223. The van der Waals surface area contributed by atoms with Crippen LogP contribution in [0.25, 0.3) is 0 Å². The second kappa shape index (κ2) is 6.47. The Bertz CT molecular complexity index is 621. The molecule has 0 aliphatic heterocycles. The number of hydrogen-bond donors (Lipinski definition) is 1. The number of hydrogen-bond acceptors (Lipinski definition) is 3. The largest absolute Gasteiger partial charge is 0.371 e. The third-order valence-corrected chi connectivity index (χ3v) is 3.04. The average molecular weight is 279 g/mol. The van der Waals surface area contributed by atoms with E-state index in [2.05, 4.69) is 10.2 Å². The quantitative estimate of drug-likeness (QED) is 0.882. The topological polar surface area (TPSA) is 59.9 Å². The van der Waals surface area contributed by atoms with Crippen molar-refractivity contribution in [2.24, 2.45) is 0 Å². The first-order valence-electron chi connectivity index (χ1n) is 6.66. The molecule has 0 amide bonds. The van der Waals surface area contributed by atoms with Crippen LogP contribution in [0.4, 0.5) is 4.39 Å². The first-order valence-corrected chi connectivity index (χ1v) is 6.66. The Morgan fingerprint density at radius 3 is 2.90 bits per heavy atom. The molecule has 1 aromatic carbocycles. The minimum Gasteiger partial charge on any atom is -0.371 e. The lowest BCUT2D eigenvalue weighted by atomic mass is 10.2. The molecule has 0 aliphatic carbocycles. The molecule has 6 heteroatoms. The molecule has 1 N–H and O–H groups in total. The van der Waals surface area contributed by atoms with Gasteiger partial charge in [0.15, 0.2) is 5.82 Å². The normalized spacial score (nSPS) is 12.6. The predicted molar refractivity (Wildman–Crippen MR) is 73.0 cm³/mol. The molecular weight excluding hydrogens is 261 g/mol. The minimum absolute atomic E-state index is 0.243. The predicted octanol–water partition coefficient (Wildman–Crippen LogP) is 2.25. The zero-order chi connectivity index (χ0) is 14.5. The van der Waals surface area contributed by atoms with E-state index in [0.29, 0.717) is 24.4 Å². The van der Waals surface area contributed by atoms with E-state index >= 15 is 0 Å². The number of H-pyrrole nitrogens is 1. The number of aromatic amines is 1. The fraction of sp³-hybridized carbons (Fsp3) is 0.429. The van der Waals surface area contributed by atoms with Crippen LogP contribution in [-0.4, -0.2) is 21.4 Å². The lowest BCUT2D eigenvalue weighted by Crippen LogP contribution is -2.22. The maximum absolute atomic E-state index is 13.2. The maximum atomic E-state index is 13.2. The van der Waals surface area contributed by atoms with E-state index in [-0.39, 0.29) is 24.2 Å². The van der Waals surface area contributed by atoms with E-state index in [4.69, 9.17) is 4.74 Å². The van der Waals surface area contributed by atoms with Gasteiger partial charge in [0.1, 0.15) is 11.9 Å². The molecule has 0 spiro atoms. The molecule has 2 aromatic rings. The van der Waals surface area contributed by atoms with Crippen LogP contribution in [0.3, 0.4) is 0 Å². The van der Waals surface area contributed by atoms with Gasteiger partial charge < -0.3 is 4.74 Å². The monoisotopic (exact) mass is 279 g/mol. The van der Waals surface area contributed by atoms with E-state index in [0.717, 1.165) is 0 Å². The average Bonchev–Trinajstić information content (AvgIpc) is 2.78. The van der Waals surface area contributed by atoms with Crippen LogP contribution in [0.5, 0.6) is 0 Å². The molecule has 108 valence electrons. The SMILES string of the molecule is CCO[C@H](CC)c1n[nH]c(=O)n1Cc1cccc(F)c1. The highest BCUT2D eigenvalue weighted by Gasteiger charge is 2.18. The summed E-state index contributed by atoms with van der Waals surface area (Å²) in [6, 6.07) is 6.17. The van der Waals surface area contributed by atoms with Gasteiger partial charge in [0.25, 0.3) is 0 Å². The van der Waals surface area contributed by atoms with Crippen LogP contribution in [0.2, 0.25) is 0 Å². The zero-order valence-electron chi connectivity index (χ0n) is 11.6. The Hall–Kier alpha value is -1.95. The standard InChI is InChI=1S/C14H18FN3O2/c1-3-12(20-4-2)13-16-17-14(19)18(13)9-10-6-5-7-11(15)8-10/h5-8,12H,3-4,9H2,1-2H3,(H,17,19)/t12-/m1/s1. The number of aromatic nitrogens is 3. The molecule has 5 nitrogen and oxygen atoms in total. The minimum atomic E-state index is -0.322. The highest BCUT2D eigenvalue weighted by atomic mass is 19.1. The van der Waals surface area contributed by atoms with Crippen molar-refractivity contribution >= 4 is 0 Å². The summed E-state index contributed by atoms with van der Waals surface area (Å²) in [6.45, 7) is 4.67. The Morgan fingerprint density at radius 2 is 2.25 bits per heavy atom. The van der Waals surface area contributed by atoms with Crippen LogP contribution < -0.4 is 5.69 Å². The second-order valence-corrected chi connectivity index (χ2v) is 4.46. The molecule has 0 saturated heterocycles. The van der Waals surface area contributed by atoms with Crippen LogP contribution in [0.1, 0.15) is 37.8 Å². The highest BCUT2D eigenvalue weighted by Crippen LogP contribution is 2.18. The third-order valence-electron chi connectivity index (χ3n) is 3.04. The summed E-state index contributed by atoms with van der Waals surface area (Å²) in [4.78, 5) is 11.8. The van der Waals surface area contributed by atoms with Gasteiger partial charge in [-0.15, -0.1) is 0 Å². The number of benzene rings is 1. The Labute approximate surface area is 116 Å². The van der Waals surface area contributed by atoms with E-state index in [1.165, 1.54) is 16.7 Å². The molecule has 0 unspecified atom stereocenters. The van der Waals surface area contributed by atoms with Crippen molar-refractivity contribution in [1.82, 2.24) is 14.8 Å². The smallest absolute Gasteiger partial charge is 0.343 e. The fourth-order valence-electron chi connectivity index (χ4n) is 2.12. The number of nitrogens with zero attached hydrogens (tertiary/aromatic N) is 2. The Balaban J connectivity index is 2.32. The highest BCUT2D eigenvalue weighted by molar-refractivity contribution is 5.17. The molecule has 1 atom stereocenters. The first kappa shape index (κ1) is 14.5. The molecule has 2 rings (SSSR count). The van der Waals surface area contributed by atoms with Gasteiger partial charge in [0.2, 0.25) is 0 Å².